The first-order valence-electron chi connectivity index (χ1n) is 15.0. The van der Waals surface area contributed by atoms with E-state index >= 15 is 0 Å². The number of amides is 4. The van der Waals surface area contributed by atoms with Gasteiger partial charge in [0.25, 0.3) is 0 Å². The fourth-order valence-corrected chi connectivity index (χ4v) is 7.83. The van der Waals surface area contributed by atoms with Gasteiger partial charge in [-0.3, -0.25) is 28.8 Å². The van der Waals surface area contributed by atoms with Crippen LogP contribution in [-0.2, 0) is 58.0 Å². The maximum atomic E-state index is 13.0. The van der Waals surface area contributed by atoms with Gasteiger partial charge in [0, 0.05) is 36.9 Å². The third-order valence-electron chi connectivity index (χ3n) is 6.50. The van der Waals surface area contributed by atoms with Crippen molar-refractivity contribution in [1.29, 1.82) is 0 Å². The Morgan fingerprint density at radius 3 is 1.10 bits per heavy atom. The molecule has 6 atom stereocenters. The van der Waals surface area contributed by atoms with E-state index in [1.165, 1.54) is 0 Å². The molecule has 0 aromatic carbocycles. The van der Waals surface area contributed by atoms with Crippen LogP contribution in [0.2, 0.25) is 0 Å². The first-order chi connectivity index (χ1) is 23.8. The second-order valence-corrected chi connectivity index (χ2v) is 18.4. The van der Waals surface area contributed by atoms with Crippen LogP contribution in [0.15, 0.2) is 0 Å². The van der Waals surface area contributed by atoms with Crippen molar-refractivity contribution in [3.8, 4) is 0 Å². The number of sulfone groups is 2. The van der Waals surface area contributed by atoms with Gasteiger partial charge < -0.3 is 53.2 Å². The molecule has 298 valence electrons. The van der Waals surface area contributed by atoms with Gasteiger partial charge in [-0.05, 0) is 25.7 Å². The molecule has 0 aliphatic heterocycles. The highest BCUT2D eigenvalue weighted by Gasteiger charge is 2.31. The Labute approximate surface area is 306 Å². The van der Waals surface area contributed by atoms with Crippen LogP contribution < -0.4 is 32.7 Å². The van der Waals surface area contributed by atoms with E-state index in [0.29, 0.717) is 0 Å². The van der Waals surface area contributed by atoms with Crippen LogP contribution in [-0.4, -0.2) is 157 Å². The van der Waals surface area contributed by atoms with Gasteiger partial charge in [-0.15, -0.1) is 0 Å². The average Bonchev–Trinajstić information content (AvgIpc) is 2.99. The summed E-state index contributed by atoms with van der Waals surface area (Å²) < 4.78 is 46.8. The summed E-state index contributed by atoms with van der Waals surface area (Å²) in [5, 5.41) is 45.4. The van der Waals surface area contributed by atoms with Crippen LogP contribution in [0.1, 0.15) is 38.5 Å². The summed E-state index contributed by atoms with van der Waals surface area (Å²) in [5.74, 6) is -12.5. The van der Waals surface area contributed by atoms with E-state index in [1.54, 1.807) is 0 Å². The van der Waals surface area contributed by atoms with Gasteiger partial charge in [0.2, 0.25) is 23.6 Å². The lowest BCUT2D eigenvalue weighted by atomic mass is 10.1. The maximum Gasteiger partial charge on any atom is 0.327 e. The predicted molar refractivity (Wildman–Crippen MR) is 186 cm³/mol. The Morgan fingerprint density at radius 1 is 0.538 bits per heavy atom. The Kier molecular flexibility index (Phi) is 21.4. The van der Waals surface area contributed by atoms with Gasteiger partial charge in [0.05, 0.1) is 11.5 Å². The normalized spacial score (nSPS) is 15.1. The Bertz CT molecular complexity index is 1420. The molecule has 0 radical (unpaired) electrons. The number of nitrogens with one attached hydrogen (secondary N) is 4. The van der Waals surface area contributed by atoms with Crippen LogP contribution in [0.4, 0.5) is 0 Å². The van der Waals surface area contributed by atoms with Gasteiger partial charge in [-0.1, -0.05) is 21.6 Å². The lowest BCUT2D eigenvalue weighted by Crippen LogP contribution is -2.54. The second-order valence-electron chi connectivity index (χ2n) is 11.5. The van der Waals surface area contributed by atoms with Gasteiger partial charge in [-0.25, -0.2) is 26.4 Å². The topological polar surface area (TPSA) is 386 Å². The molecule has 26 heteroatoms. The van der Waals surface area contributed by atoms with Crippen molar-refractivity contribution in [2.24, 2.45) is 11.5 Å². The molecule has 0 aliphatic rings. The molecule has 0 fully saturated rings. The van der Waals surface area contributed by atoms with Gasteiger partial charge in [0.15, 0.2) is 0 Å². The van der Waals surface area contributed by atoms with E-state index in [0.717, 1.165) is 34.1 Å². The van der Waals surface area contributed by atoms with E-state index < -0.39 is 115 Å². The molecule has 0 heterocycles. The number of carboxylic acid groups (broad SMARTS) is 4. The highest BCUT2D eigenvalue weighted by atomic mass is 33.1. The second kappa shape index (κ2) is 23.1. The molecule has 0 rings (SSSR count). The number of hydrogen-bond donors (Lipinski definition) is 10. The molecular weight excluding hydrogens is 781 g/mol. The summed E-state index contributed by atoms with van der Waals surface area (Å²) >= 11 is 0. The zero-order valence-electron chi connectivity index (χ0n) is 28.0. The third-order valence-corrected chi connectivity index (χ3v) is 10.8. The summed E-state index contributed by atoms with van der Waals surface area (Å²) in [4.78, 5) is 96.4. The standard InChI is InChI=1S/C26H44N6O16S4/c1-51(45,46)11-17(25(41)42)31-21(35)15(29-19(33)7-3-5-13(27)23(37)38)9-49-50-10-16(30-20(34)8-4-6-14(28)24(39)40)22(36)32-18(26(43)44)12-52(2,47)48/h13-18H,3-12,27-28H2,1-2H3,(H,29,33)(H,30,34)(H,31,35)(H,32,36)(H,37,38)(H,39,40)(H,41,42)(H,43,44)/t13-,14-,15?,16?,17+,18+/m0/s1. The Balaban J connectivity index is 5.94. The molecule has 0 saturated carbocycles. The minimum Gasteiger partial charge on any atom is -0.480 e. The van der Waals surface area contributed by atoms with Crippen LogP contribution >= 0.6 is 21.6 Å². The summed E-state index contributed by atoms with van der Waals surface area (Å²) in [6.07, 6.45) is 0.615. The van der Waals surface area contributed by atoms with Crippen LogP contribution in [0.3, 0.4) is 0 Å². The third kappa shape index (κ3) is 22.3. The first-order valence-corrected chi connectivity index (χ1v) is 21.7. The molecule has 12 N–H and O–H groups in total. The lowest BCUT2D eigenvalue weighted by Gasteiger charge is -2.22. The Hall–Kier alpha value is -3.72. The number of carboxylic acids is 4. The molecular formula is C26H44N6O16S4. The van der Waals surface area contributed by atoms with Crippen molar-refractivity contribution in [2.75, 3.05) is 35.5 Å². The number of nitrogens with two attached hydrogens (primary N) is 2. The fraction of sp³-hybridized carbons (Fsp3) is 0.692. The average molecular weight is 825 g/mol. The van der Waals surface area contributed by atoms with E-state index in [9.17, 15) is 65.4 Å². The van der Waals surface area contributed by atoms with Crippen molar-refractivity contribution in [2.45, 2.75) is 74.8 Å². The van der Waals surface area contributed by atoms with Crippen molar-refractivity contribution in [3.05, 3.63) is 0 Å². The number of carbonyl (C=O) groups excluding carboxylic acids is 4. The number of hydrogen-bond acceptors (Lipinski definition) is 16. The molecule has 52 heavy (non-hydrogen) atoms. The fourth-order valence-electron chi connectivity index (χ4n) is 3.84. The summed E-state index contributed by atoms with van der Waals surface area (Å²) in [6, 6.07) is -9.39. The molecule has 2 unspecified atom stereocenters. The maximum absolute atomic E-state index is 13.0. The van der Waals surface area contributed by atoms with Crippen molar-refractivity contribution >= 4 is 88.8 Å². The van der Waals surface area contributed by atoms with Gasteiger partial charge >= 0.3 is 23.9 Å². The van der Waals surface area contributed by atoms with E-state index in [4.69, 9.17) is 21.7 Å². The monoisotopic (exact) mass is 824 g/mol. The number of rotatable bonds is 27. The van der Waals surface area contributed by atoms with E-state index in [2.05, 4.69) is 10.6 Å². The molecule has 0 aromatic heterocycles. The molecule has 0 aromatic rings. The molecule has 0 spiro atoms. The van der Waals surface area contributed by atoms with Gasteiger partial charge in [-0.2, -0.15) is 0 Å². The molecule has 0 bridgehead atoms. The van der Waals surface area contributed by atoms with Crippen molar-refractivity contribution < 1.29 is 75.6 Å². The van der Waals surface area contributed by atoms with Crippen molar-refractivity contribution in [1.82, 2.24) is 21.3 Å². The smallest absolute Gasteiger partial charge is 0.327 e. The summed E-state index contributed by atoms with van der Waals surface area (Å²) in [7, 11) is -6.21. The zero-order valence-corrected chi connectivity index (χ0v) is 31.3. The highest BCUT2D eigenvalue weighted by Crippen LogP contribution is 2.23. The van der Waals surface area contributed by atoms with Gasteiger partial charge in [0.1, 0.15) is 55.9 Å². The highest BCUT2D eigenvalue weighted by molar-refractivity contribution is 8.76. The SMILES string of the molecule is CS(=O)(=O)C[C@@H](NC(=O)C(CSSCC(NC(=O)CCC[C@H](N)C(=O)O)C(=O)N[C@H](CS(C)(=O)=O)C(=O)O)NC(=O)CCC[C@H](N)C(=O)O)C(=O)O. The minimum absolute atomic E-state index is 0.0171. The largest absolute Gasteiger partial charge is 0.480 e. The van der Waals surface area contributed by atoms with Crippen LogP contribution in [0, 0.1) is 0 Å². The zero-order chi connectivity index (χ0) is 40.4. The van der Waals surface area contributed by atoms with Crippen molar-refractivity contribution in [3.63, 3.8) is 0 Å². The quantitative estimate of drug-likeness (QED) is 0.0277. The van der Waals surface area contributed by atoms with Crippen LogP contribution in [0.25, 0.3) is 0 Å². The molecule has 0 saturated heterocycles. The summed E-state index contributed by atoms with van der Waals surface area (Å²) in [5.41, 5.74) is 10.8. The minimum atomic E-state index is -3.90. The first kappa shape index (κ1) is 48.3. The predicted octanol–water partition coefficient (Wildman–Crippen LogP) is -4.27. The summed E-state index contributed by atoms with van der Waals surface area (Å²) in [6.45, 7) is 0. The lowest BCUT2D eigenvalue weighted by molar-refractivity contribution is -0.141. The Morgan fingerprint density at radius 2 is 0.846 bits per heavy atom. The molecule has 0 aliphatic carbocycles. The number of carbonyl (C=O) groups is 8. The molecule has 4 amide bonds. The van der Waals surface area contributed by atoms with E-state index in [-0.39, 0.29) is 50.0 Å². The number of aliphatic carboxylic acids is 4. The van der Waals surface area contributed by atoms with Crippen LogP contribution in [0.5, 0.6) is 0 Å². The molecule has 22 nitrogen and oxygen atoms in total. The van der Waals surface area contributed by atoms with E-state index in [1.807, 2.05) is 10.6 Å².